The Bertz CT molecular complexity index is 848. The van der Waals surface area contributed by atoms with E-state index in [1.165, 1.54) is 0 Å². The summed E-state index contributed by atoms with van der Waals surface area (Å²) in [6.07, 6.45) is 3.89. The summed E-state index contributed by atoms with van der Waals surface area (Å²) in [6, 6.07) is 5.30. The second kappa shape index (κ2) is 5.01. The van der Waals surface area contributed by atoms with Crippen molar-refractivity contribution in [3.63, 3.8) is 0 Å². The van der Waals surface area contributed by atoms with E-state index in [4.69, 9.17) is 16.0 Å². The van der Waals surface area contributed by atoms with Gasteiger partial charge in [-0.1, -0.05) is 24.3 Å². The van der Waals surface area contributed by atoms with Crippen molar-refractivity contribution in [3.8, 4) is 0 Å². The SMILES string of the molecule is O=[N+]([O-])C(c1nc2ccccc2o1)C1C2C=CC(C2)C1(Cl)[N+](=O)[O-]. The van der Waals surface area contributed by atoms with Gasteiger partial charge in [0.25, 0.3) is 11.9 Å². The van der Waals surface area contributed by atoms with Gasteiger partial charge in [-0.05, 0) is 36.1 Å². The Morgan fingerprint density at radius 1 is 1.29 bits per heavy atom. The molecule has 5 atom stereocenters. The number of alkyl halides is 1. The highest BCUT2D eigenvalue weighted by molar-refractivity contribution is 6.23. The molecule has 8 nitrogen and oxygen atoms in total. The highest BCUT2D eigenvalue weighted by Crippen LogP contribution is 2.59. The number of allylic oxidation sites excluding steroid dienone is 1. The third-order valence-electron chi connectivity index (χ3n) is 4.98. The van der Waals surface area contributed by atoms with Crippen LogP contribution in [0, 0.1) is 38.0 Å². The first-order valence-corrected chi connectivity index (χ1v) is 7.81. The normalized spacial score (nSPS) is 32.3. The molecule has 0 aliphatic heterocycles. The van der Waals surface area contributed by atoms with Crippen molar-refractivity contribution in [1.29, 1.82) is 0 Å². The van der Waals surface area contributed by atoms with Gasteiger partial charge in [-0.2, -0.15) is 0 Å². The van der Waals surface area contributed by atoms with Crippen LogP contribution in [0.4, 0.5) is 0 Å². The molecule has 5 unspecified atom stereocenters. The molecule has 9 heteroatoms. The van der Waals surface area contributed by atoms with Crippen LogP contribution in [0.25, 0.3) is 11.1 Å². The molecule has 1 aromatic heterocycles. The van der Waals surface area contributed by atoms with Crippen LogP contribution >= 0.6 is 11.6 Å². The van der Waals surface area contributed by atoms with Crippen molar-refractivity contribution in [2.24, 2.45) is 17.8 Å². The molecule has 1 fully saturated rings. The Kier molecular flexibility index (Phi) is 3.14. The van der Waals surface area contributed by atoms with Gasteiger partial charge in [0.15, 0.2) is 5.58 Å². The molecule has 2 aliphatic carbocycles. The molecule has 0 spiro atoms. The molecule has 2 aromatic rings. The highest BCUT2D eigenvalue weighted by Gasteiger charge is 2.70. The maximum Gasteiger partial charge on any atom is 0.311 e. The van der Waals surface area contributed by atoms with Gasteiger partial charge in [-0.3, -0.25) is 20.2 Å². The molecule has 0 saturated heterocycles. The van der Waals surface area contributed by atoms with E-state index in [9.17, 15) is 20.2 Å². The number of nitro groups is 2. The second-order valence-electron chi connectivity index (χ2n) is 6.15. The van der Waals surface area contributed by atoms with E-state index in [0.29, 0.717) is 17.5 Å². The minimum Gasteiger partial charge on any atom is -0.434 e. The van der Waals surface area contributed by atoms with Gasteiger partial charge >= 0.3 is 5.00 Å². The number of benzene rings is 1. The van der Waals surface area contributed by atoms with Crippen LogP contribution in [0.3, 0.4) is 0 Å². The smallest absolute Gasteiger partial charge is 0.311 e. The van der Waals surface area contributed by atoms with Gasteiger partial charge in [0.1, 0.15) is 11.4 Å². The molecule has 0 amide bonds. The minimum absolute atomic E-state index is 0.140. The van der Waals surface area contributed by atoms with Crippen molar-refractivity contribution < 1.29 is 14.3 Å². The molecule has 1 heterocycles. The number of oxazole rings is 1. The molecule has 124 valence electrons. The van der Waals surface area contributed by atoms with Crippen LogP contribution in [-0.4, -0.2) is 19.8 Å². The molecular formula is C15H12ClN3O5. The molecule has 0 N–H and O–H groups in total. The quantitative estimate of drug-likeness (QED) is 0.275. The fourth-order valence-corrected chi connectivity index (χ4v) is 4.39. The minimum atomic E-state index is -1.92. The predicted molar refractivity (Wildman–Crippen MR) is 83.5 cm³/mol. The summed E-state index contributed by atoms with van der Waals surface area (Å²) in [4.78, 5) is 24.4. The number of fused-ring (bicyclic) bond motifs is 3. The summed E-state index contributed by atoms with van der Waals surface area (Å²) in [5, 5.41) is 23.4. The van der Waals surface area contributed by atoms with Crippen LogP contribution in [0.1, 0.15) is 18.4 Å². The lowest BCUT2D eigenvalue weighted by molar-refractivity contribution is -0.595. The second-order valence-corrected chi connectivity index (χ2v) is 6.76. The molecule has 2 bridgehead atoms. The molecular weight excluding hydrogens is 338 g/mol. The van der Waals surface area contributed by atoms with E-state index in [2.05, 4.69) is 4.98 Å². The summed E-state index contributed by atoms with van der Waals surface area (Å²) in [6.45, 7) is 0. The lowest BCUT2D eigenvalue weighted by Gasteiger charge is -2.28. The Labute approximate surface area is 140 Å². The zero-order chi connectivity index (χ0) is 17.1. The average molecular weight is 350 g/mol. The third-order valence-corrected chi connectivity index (χ3v) is 5.65. The van der Waals surface area contributed by atoms with Crippen LogP contribution < -0.4 is 0 Å². The average Bonchev–Trinajstić information content (AvgIpc) is 3.22. The Hall–Kier alpha value is -2.48. The van der Waals surface area contributed by atoms with Gasteiger partial charge in [0.05, 0.1) is 5.92 Å². The standard InChI is InChI=1S/C15H12ClN3O5/c16-15(19(22)23)9-6-5-8(7-9)12(15)13(18(20)21)14-17-10-3-1-2-4-11(10)24-14/h1-6,8-9,12-13H,7H2. The van der Waals surface area contributed by atoms with E-state index in [-0.39, 0.29) is 11.8 Å². The molecule has 4 rings (SSSR count). The topological polar surface area (TPSA) is 112 Å². The van der Waals surface area contributed by atoms with Crippen molar-refractivity contribution in [1.82, 2.24) is 4.98 Å². The monoisotopic (exact) mass is 349 g/mol. The fourth-order valence-electron chi connectivity index (χ4n) is 3.95. The first kappa shape index (κ1) is 15.1. The fraction of sp³-hybridized carbons (Fsp3) is 0.400. The Morgan fingerprint density at radius 2 is 2.04 bits per heavy atom. The van der Waals surface area contributed by atoms with Crippen molar-refractivity contribution in [2.45, 2.75) is 17.5 Å². The maximum absolute atomic E-state index is 11.8. The number of para-hydroxylation sites is 2. The number of hydrogen-bond donors (Lipinski definition) is 0. The summed E-state index contributed by atoms with van der Waals surface area (Å²) in [7, 11) is 0. The largest absolute Gasteiger partial charge is 0.434 e. The van der Waals surface area contributed by atoms with E-state index in [1.54, 1.807) is 36.4 Å². The van der Waals surface area contributed by atoms with Crippen LogP contribution in [-0.2, 0) is 0 Å². The summed E-state index contributed by atoms with van der Waals surface area (Å²) in [5.74, 6) is -2.04. The molecule has 2 aliphatic rings. The van der Waals surface area contributed by atoms with Gasteiger partial charge in [-0.15, -0.1) is 0 Å². The summed E-state index contributed by atoms with van der Waals surface area (Å²) >= 11 is 6.33. The zero-order valence-electron chi connectivity index (χ0n) is 12.2. The Morgan fingerprint density at radius 3 is 2.71 bits per heavy atom. The van der Waals surface area contributed by atoms with Gasteiger partial charge in [0.2, 0.25) is 0 Å². The van der Waals surface area contributed by atoms with Gasteiger partial charge in [-0.25, -0.2) is 4.98 Å². The van der Waals surface area contributed by atoms with Gasteiger partial charge in [0, 0.05) is 9.85 Å². The third kappa shape index (κ3) is 1.89. The predicted octanol–water partition coefficient (Wildman–Crippen LogP) is 3.18. The van der Waals surface area contributed by atoms with E-state index >= 15 is 0 Å². The van der Waals surface area contributed by atoms with E-state index in [0.717, 1.165) is 0 Å². The maximum atomic E-state index is 11.8. The van der Waals surface area contributed by atoms with Crippen LogP contribution in [0.5, 0.6) is 0 Å². The number of nitrogens with zero attached hydrogens (tertiary/aromatic N) is 3. The van der Waals surface area contributed by atoms with Crippen LogP contribution in [0.2, 0.25) is 0 Å². The zero-order valence-corrected chi connectivity index (χ0v) is 13.0. The number of aromatic nitrogens is 1. The summed E-state index contributed by atoms with van der Waals surface area (Å²) < 4.78 is 5.53. The van der Waals surface area contributed by atoms with E-state index in [1.807, 2.05) is 0 Å². The molecule has 1 saturated carbocycles. The highest BCUT2D eigenvalue weighted by atomic mass is 35.5. The lowest BCUT2D eigenvalue weighted by atomic mass is 9.82. The van der Waals surface area contributed by atoms with Crippen molar-refractivity contribution in [3.05, 3.63) is 62.5 Å². The molecule has 0 radical (unpaired) electrons. The van der Waals surface area contributed by atoms with Gasteiger partial charge < -0.3 is 4.42 Å². The van der Waals surface area contributed by atoms with Crippen molar-refractivity contribution in [2.75, 3.05) is 0 Å². The number of halogens is 1. The molecule has 1 aromatic carbocycles. The summed E-state index contributed by atoms with van der Waals surface area (Å²) in [5.41, 5.74) is 0.874. The number of rotatable bonds is 4. The lowest BCUT2D eigenvalue weighted by Crippen LogP contribution is -2.47. The molecule has 24 heavy (non-hydrogen) atoms. The first-order valence-electron chi connectivity index (χ1n) is 7.43. The van der Waals surface area contributed by atoms with Crippen LogP contribution in [0.15, 0.2) is 40.8 Å². The Balaban J connectivity index is 1.85. The number of hydrogen-bond acceptors (Lipinski definition) is 6. The van der Waals surface area contributed by atoms with Crippen molar-refractivity contribution >= 4 is 22.7 Å². The first-order chi connectivity index (χ1) is 11.4. The van der Waals surface area contributed by atoms with E-state index < -0.39 is 32.7 Å².